The Bertz CT molecular complexity index is 4520. The summed E-state index contributed by atoms with van der Waals surface area (Å²) in [6.45, 7) is 4.73. The van der Waals surface area contributed by atoms with Crippen molar-refractivity contribution in [2.24, 2.45) is 9.98 Å². The summed E-state index contributed by atoms with van der Waals surface area (Å²) in [5.74, 6) is 1.75. The van der Waals surface area contributed by atoms with Crippen LogP contribution in [-0.2, 0) is 5.41 Å². The highest BCUT2D eigenvalue weighted by molar-refractivity contribution is 6.19. The van der Waals surface area contributed by atoms with Crippen LogP contribution in [0.25, 0.3) is 60.9 Å². The van der Waals surface area contributed by atoms with Gasteiger partial charge in [0, 0.05) is 86.9 Å². The lowest BCUT2D eigenvalue weighted by Gasteiger charge is -2.29. The topological polar surface area (TPSA) is 39.4 Å². The van der Waals surface area contributed by atoms with Crippen molar-refractivity contribution in [2.75, 3.05) is 28.8 Å². The zero-order chi connectivity index (χ0) is 57.4. The van der Waals surface area contributed by atoms with E-state index >= 15 is 0 Å². The first kappa shape index (κ1) is 52.3. The third-order valence-corrected chi connectivity index (χ3v) is 16.8. The zero-order valence-corrected chi connectivity index (χ0v) is 48.1. The summed E-state index contributed by atoms with van der Waals surface area (Å²) >= 11 is 0. The monoisotopic (exact) mass is 1090 g/mol. The number of rotatable bonds is 12. The fourth-order valence-electron chi connectivity index (χ4n) is 12.7. The van der Waals surface area contributed by atoms with Crippen molar-refractivity contribution in [1.29, 1.82) is 0 Å². The lowest BCUT2D eigenvalue weighted by Crippen LogP contribution is -2.27. The second-order valence-electron chi connectivity index (χ2n) is 22.2. The first-order chi connectivity index (χ1) is 41.8. The van der Waals surface area contributed by atoms with Gasteiger partial charge in [0.2, 0.25) is 0 Å². The molecular weight excluding hydrogens is 1030 g/mol. The standard InChI is InChI=1S/C79H62N6/c1-79(2)73-53-60(78(81-4)84(63-29-17-8-18-30-63)64-31-19-9-20-32-64)39-47-69(73)70-48-46-68(54-74(70)79)82(66-42-35-56(36-43-66)55-23-11-5-12-24-55)67-44-37-57(38-45-67)58-40-49-75-71(51-58)72-52-59(41-50-76(72)85(75)65-33-21-10-22-34-65)77(80-3)83(61-25-13-6-14-26-61)62-27-15-7-16-28-62/h5-54H,1-4H3. The number of hydrogen-bond acceptors (Lipinski definition) is 3. The van der Waals surface area contributed by atoms with Gasteiger partial charge < -0.3 is 9.47 Å². The Balaban J connectivity index is 0.848. The van der Waals surface area contributed by atoms with Crippen LogP contribution in [0.3, 0.4) is 0 Å². The molecule has 0 bridgehead atoms. The van der Waals surface area contributed by atoms with Crippen LogP contribution in [0.5, 0.6) is 0 Å². The van der Waals surface area contributed by atoms with Crippen molar-refractivity contribution in [2.45, 2.75) is 19.3 Å². The van der Waals surface area contributed by atoms with Gasteiger partial charge in [-0.3, -0.25) is 19.8 Å². The predicted octanol–water partition coefficient (Wildman–Crippen LogP) is 20.3. The minimum atomic E-state index is -0.316. The van der Waals surface area contributed by atoms with Crippen molar-refractivity contribution in [1.82, 2.24) is 4.57 Å². The molecule has 408 valence electrons. The molecule has 0 spiro atoms. The molecule has 85 heavy (non-hydrogen) atoms. The molecule has 6 heteroatoms. The average molecular weight is 1100 g/mol. The van der Waals surface area contributed by atoms with E-state index in [0.29, 0.717) is 0 Å². The zero-order valence-electron chi connectivity index (χ0n) is 48.1. The van der Waals surface area contributed by atoms with E-state index in [1.54, 1.807) is 0 Å². The van der Waals surface area contributed by atoms with E-state index in [-0.39, 0.29) is 5.41 Å². The number of aromatic nitrogens is 1. The Morgan fingerprint density at radius 2 is 0.682 bits per heavy atom. The van der Waals surface area contributed by atoms with Crippen LogP contribution in [0.4, 0.5) is 39.8 Å². The van der Waals surface area contributed by atoms with Gasteiger partial charge in [0.25, 0.3) is 0 Å². The predicted molar refractivity (Wildman–Crippen MR) is 359 cm³/mol. The molecule has 12 aromatic carbocycles. The molecule has 13 aromatic rings. The Labute approximate surface area is 497 Å². The third kappa shape index (κ3) is 9.54. The van der Waals surface area contributed by atoms with E-state index in [1.807, 2.05) is 14.1 Å². The van der Waals surface area contributed by atoms with E-state index in [0.717, 1.165) is 95.8 Å². The quantitative estimate of drug-likeness (QED) is 0.0904. The lowest BCUT2D eigenvalue weighted by molar-refractivity contribution is 0.660. The van der Waals surface area contributed by atoms with Gasteiger partial charge in [0.05, 0.1) is 11.0 Å². The molecule has 1 aliphatic rings. The molecule has 6 nitrogen and oxygen atoms in total. The second-order valence-corrected chi connectivity index (χ2v) is 22.2. The van der Waals surface area contributed by atoms with E-state index < -0.39 is 0 Å². The molecule has 0 N–H and O–H groups in total. The fourth-order valence-corrected chi connectivity index (χ4v) is 12.7. The highest BCUT2D eigenvalue weighted by Crippen LogP contribution is 2.52. The smallest absolute Gasteiger partial charge is 0.139 e. The summed E-state index contributed by atoms with van der Waals surface area (Å²) in [6, 6.07) is 109. The SMILES string of the molecule is CN=C(c1ccc2c(c1)C(C)(C)c1cc(N(c3ccc(-c4ccccc4)cc3)c3ccc(-c4ccc5c(c4)c4cc(C(=NC)N(c6ccccc6)c6ccccc6)ccc4n5-c4ccccc4)cc3)ccc1-2)N(c1ccccc1)c1ccccc1. The number of amidine groups is 2. The summed E-state index contributed by atoms with van der Waals surface area (Å²) in [5.41, 5.74) is 22.3. The van der Waals surface area contributed by atoms with Crippen LogP contribution in [0, 0.1) is 0 Å². The first-order valence-corrected chi connectivity index (χ1v) is 29.1. The van der Waals surface area contributed by atoms with Crippen LogP contribution >= 0.6 is 0 Å². The minimum Gasteiger partial charge on any atom is -0.310 e. The van der Waals surface area contributed by atoms with E-state index in [2.05, 4.69) is 336 Å². The number of benzene rings is 12. The molecule has 1 aliphatic carbocycles. The van der Waals surface area contributed by atoms with Crippen LogP contribution in [0.2, 0.25) is 0 Å². The molecule has 0 saturated carbocycles. The van der Waals surface area contributed by atoms with Gasteiger partial charge in [-0.15, -0.1) is 0 Å². The number of anilines is 7. The van der Waals surface area contributed by atoms with Gasteiger partial charge in [0.15, 0.2) is 0 Å². The van der Waals surface area contributed by atoms with Gasteiger partial charge >= 0.3 is 0 Å². The lowest BCUT2D eigenvalue weighted by atomic mass is 9.81. The van der Waals surface area contributed by atoms with E-state index in [1.165, 1.54) is 38.8 Å². The minimum absolute atomic E-state index is 0.316. The van der Waals surface area contributed by atoms with E-state index in [9.17, 15) is 0 Å². The van der Waals surface area contributed by atoms with Gasteiger partial charge in [-0.1, -0.05) is 184 Å². The van der Waals surface area contributed by atoms with Gasteiger partial charge in [0.1, 0.15) is 11.7 Å². The molecule has 1 aromatic heterocycles. The van der Waals surface area contributed by atoms with Crippen LogP contribution in [0.15, 0.2) is 313 Å². The summed E-state index contributed by atoms with van der Waals surface area (Å²) in [5, 5.41) is 2.32. The average Bonchev–Trinajstić information content (AvgIpc) is 1.74. The van der Waals surface area contributed by atoms with Crippen molar-refractivity contribution in [3.63, 3.8) is 0 Å². The Hall–Kier alpha value is -10.8. The summed E-state index contributed by atoms with van der Waals surface area (Å²) < 4.78 is 2.38. The number of fused-ring (bicyclic) bond motifs is 6. The Kier molecular flexibility index (Phi) is 13.6. The molecule has 0 atom stereocenters. The molecule has 0 fully saturated rings. The van der Waals surface area contributed by atoms with Crippen molar-refractivity contribution < 1.29 is 0 Å². The van der Waals surface area contributed by atoms with Crippen molar-refractivity contribution in [3.05, 3.63) is 326 Å². The summed E-state index contributed by atoms with van der Waals surface area (Å²) in [4.78, 5) is 16.9. The summed E-state index contributed by atoms with van der Waals surface area (Å²) in [6.07, 6.45) is 0. The van der Waals surface area contributed by atoms with Crippen molar-refractivity contribution >= 4 is 73.3 Å². The van der Waals surface area contributed by atoms with Crippen LogP contribution in [-0.4, -0.2) is 30.3 Å². The third-order valence-electron chi connectivity index (χ3n) is 16.8. The maximum absolute atomic E-state index is 5.01. The molecule has 0 unspecified atom stereocenters. The van der Waals surface area contributed by atoms with Crippen LogP contribution in [0.1, 0.15) is 36.1 Å². The number of hydrogen-bond donors (Lipinski definition) is 0. The highest BCUT2D eigenvalue weighted by Gasteiger charge is 2.37. The number of para-hydroxylation sites is 5. The molecule has 0 aliphatic heterocycles. The normalized spacial score (nSPS) is 12.7. The fraction of sp³-hybridized carbons (Fsp3) is 0.0633. The molecular formula is C79H62N6. The Morgan fingerprint density at radius 1 is 0.318 bits per heavy atom. The molecule has 0 saturated heterocycles. The molecule has 0 radical (unpaired) electrons. The Morgan fingerprint density at radius 3 is 1.18 bits per heavy atom. The van der Waals surface area contributed by atoms with Crippen molar-refractivity contribution in [3.8, 4) is 39.1 Å². The molecule has 0 amide bonds. The first-order valence-electron chi connectivity index (χ1n) is 29.1. The maximum Gasteiger partial charge on any atom is 0.139 e. The largest absolute Gasteiger partial charge is 0.310 e. The molecule has 1 heterocycles. The van der Waals surface area contributed by atoms with Gasteiger partial charge in [-0.05, 0) is 178 Å². The second kappa shape index (κ2) is 22.2. The molecule has 14 rings (SSSR count). The van der Waals surface area contributed by atoms with E-state index in [4.69, 9.17) is 9.98 Å². The highest BCUT2D eigenvalue weighted by atomic mass is 15.2. The maximum atomic E-state index is 5.01. The summed E-state index contributed by atoms with van der Waals surface area (Å²) in [7, 11) is 3.78. The van der Waals surface area contributed by atoms with Gasteiger partial charge in [-0.2, -0.15) is 0 Å². The number of nitrogens with zero attached hydrogens (tertiary/aromatic N) is 6. The number of aliphatic imine (C=N–C) groups is 2. The van der Waals surface area contributed by atoms with Gasteiger partial charge in [-0.25, -0.2) is 0 Å². The van der Waals surface area contributed by atoms with Crippen LogP contribution < -0.4 is 14.7 Å².